The van der Waals surface area contributed by atoms with Crippen LogP contribution in [0.25, 0.3) is 0 Å². The zero-order valence-electron chi connectivity index (χ0n) is 12.1. The third-order valence-corrected chi connectivity index (χ3v) is 5.07. The molecule has 2 rings (SSSR count). The van der Waals surface area contributed by atoms with Gasteiger partial charge in [0.15, 0.2) is 0 Å². The number of aromatic nitrogens is 1. The van der Waals surface area contributed by atoms with Gasteiger partial charge in [-0.05, 0) is 47.5 Å². The van der Waals surface area contributed by atoms with Gasteiger partial charge in [0.25, 0.3) is 5.91 Å². The fourth-order valence-electron chi connectivity index (χ4n) is 1.83. The lowest BCUT2D eigenvalue weighted by molar-refractivity contribution is 0.0938. The Kier molecular flexibility index (Phi) is 5.36. The summed E-state index contributed by atoms with van der Waals surface area (Å²) >= 11 is 5.02. The van der Waals surface area contributed by atoms with Crippen molar-refractivity contribution in [2.24, 2.45) is 0 Å². The number of halogens is 1. The summed E-state index contributed by atoms with van der Waals surface area (Å²) in [5.74, 6) is 0.500. The quantitative estimate of drug-likeness (QED) is 0.868. The van der Waals surface area contributed by atoms with E-state index in [0.717, 1.165) is 15.9 Å². The number of thiazole rings is 1. The highest BCUT2D eigenvalue weighted by Gasteiger charge is 2.17. The molecule has 0 saturated heterocycles. The zero-order chi connectivity index (χ0) is 15.4. The van der Waals surface area contributed by atoms with E-state index in [4.69, 9.17) is 4.74 Å². The van der Waals surface area contributed by atoms with Crippen LogP contribution in [0.1, 0.15) is 40.1 Å². The summed E-state index contributed by atoms with van der Waals surface area (Å²) in [6, 6.07) is 5.20. The molecule has 0 spiro atoms. The highest BCUT2D eigenvalue weighted by atomic mass is 79.9. The summed E-state index contributed by atoms with van der Waals surface area (Å²) in [7, 11) is 1.58. The van der Waals surface area contributed by atoms with Crippen LogP contribution in [-0.2, 0) is 6.42 Å². The van der Waals surface area contributed by atoms with Crippen LogP contribution in [0.5, 0.6) is 5.75 Å². The van der Waals surface area contributed by atoms with E-state index in [1.165, 1.54) is 4.88 Å². The van der Waals surface area contributed by atoms with Crippen molar-refractivity contribution in [1.29, 1.82) is 0 Å². The van der Waals surface area contributed by atoms with E-state index in [9.17, 15) is 4.79 Å². The second-order valence-corrected chi connectivity index (χ2v) is 6.56. The number of hydrogen-bond acceptors (Lipinski definition) is 4. The molecule has 0 fully saturated rings. The summed E-state index contributed by atoms with van der Waals surface area (Å²) in [6.45, 7) is 4.03. The van der Waals surface area contributed by atoms with Crippen molar-refractivity contribution in [3.8, 4) is 5.75 Å². The van der Waals surface area contributed by atoms with Crippen LogP contribution in [0.3, 0.4) is 0 Å². The summed E-state index contributed by atoms with van der Waals surface area (Å²) < 4.78 is 5.89. The third kappa shape index (κ3) is 3.83. The first-order valence-electron chi connectivity index (χ1n) is 6.64. The molecule has 1 N–H and O–H groups in total. The van der Waals surface area contributed by atoms with Crippen molar-refractivity contribution in [2.75, 3.05) is 7.11 Å². The van der Waals surface area contributed by atoms with Gasteiger partial charge in [0.2, 0.25) is 0 Å². The molecule has 2 aromatic rings. The average molecular weight is 369 g/mol. The average Bonchev–Trinajstić information content (AvgIpc) is 2.96. The highest BCUT2D eigenvalue weighted by molar-refractivity contribution is 9.10. The Morgan fingerprint density at radius 3 is 2.90 bits per heavy atom. The van der Waals surface area contributed by atoms with Gasteiger partial charge in [0.05, 0.1) is 18.7 Å². The van der Waals surface area contributed by atoms with Crippen molar-refractivity contribution in [1.82, 2.24) is 10.3 Å². The Morgan fingerprint density at radius 1 is 1.52 bits per heavy atom. The smallest absolute Gasteiger partial charge is 0.253 e. The van der Waals surface area contributed by atoms with E-state index >= 15 is 0 Å². The molecule has 1 aromatic carbocycles. The SMILES string of the molecule is CCc1cnc(C(C)NC(=O)c2cc(OC)ccc2Br)s1. The zero-order valence-corrected chi connectivity index (χ0v) is 14.5. The summed E-state index contributed by atoms with van der Waals surface area (Å²) in [4.78, 5) is 17.9. The van der Waals surface area contributed by atoms with Crippen LogP contribution in [0.2, 0.25) is 0 Å². The standard InChI is InChI=1S/C15H17BrN2O2S/c1-4-11-8-17-15(21-11)9(2)18-14(19)12-7-10(20-3)5-6-13(12)16/h5-9H,4H2,1-3H3,(H,18,19). The lowest BCUT2D eigenvalue weighted by Crippen LogP contribution is -2.26. The molecule has 0 aliphatic carbocycles. The van der Waals surface area contributed by atoms with Gasteiger partial charge in [-0.15, -0.1) is 11.3 Å². The molecule has 1 heterocycles. The van der Waals surface area contributed by atoms with Gasteiger partial charge < -0.3 is 10.1 Å². The van der Waals surface area contributed by atoms with E-state index in [0.29, 0.717) is 11.3 Å². The molecule has 0 aliphatic rings. The number of nitrogens with one attached hydrogen (secondary N) is 1. The summed E-state index contributed by atoms with van der Waals surface area (Å²) in [5.41, 5.74) is 0.550. The molecule has 21 heavy (non-hydrogen) atoms. The van der Waals surface area contributed by atoms with Gasteiger partial charge in [-0.1, -0.05) is 6.92 Å². The summed E-state index contributed by atoms with van der Waals surface area (Å²) in [5, 5.41) is 3.88. The van der Waals surface area contributed by atoms with Crippen LogP contribution >= 0.6 is 27.3 Å². The number of ether oxygens (including phenoxy) is 1. The number of methoxy groups -OCH3 is 1. The predicted molar refractivity (Wildman–Crippen MR) is 88.1 cm³/mol. The van der Waals surface area contributed by atoms with Gasteiger partial charge >= 0.3 is 0 Å². The number of nitrogens with zero attached hydrogens (tertiary/aromatic N) is 1. The fraction of sp³-hybridized carbons (Fsp3) is 0.333. The van der Waals surface area contributed by atoms with Crippen molar-refractivity contribution >= 4 is 33.2 Å². The van der Waals surface area contributed by atoms with Gasteiger partial charge in [-0.3, -0.25) is 4.79 Å². The van der Waals surface area contributed by atoms with Crippen molar-refractivity contribution in [3.63, 3.8) is 0 Å². The van der Waals surface area contributed by atoms with Gasteiger partial charge in [-0.25, -0.2) is 4.98 Å². The largest absolute Gasteiger partial charge is 0.497 e. The van der Waals surface area contributed by atoms with Crippen LogP contribution in [-0.4, -0.2) is 18.0 Å². The molecule has 0 radical (unpaired) electrons. The molecule has 6 heteroatoms. The van der Waals surface area contributed by atoms with Gasteiger partial charge in [0.1, 0.15) is 10.8 Å². The third-order valence-electron chi connectivity index (χ3n) is 3.06. The number of carbonyl (C=O) groups is 1. The van der Waals surface area contributed by atoms with Crippen LogP contribution in [0.4, 0.5) is 0 Å². The lowest BCUT2D eigenvalue weighted by Gasteiger charge is -2.13. The number of benzene rings is 1. The first-order chi connectivity index (χ1) is 10.0. The molecular weight excluding hydrogens is 352 g/mol. The fourth-order valence-corrected chi connectivity index (χ4v) is 3.11. The Bertz CT molecular complexity index is 642. The van der Waals surface area contributed by atoms with Gasteiger partial charge in [-0.2, -0.15) is 0 Å². The summed E-state index contributed by atoms with van der Waals surface area (Å²) in [6.07, 6.45) is 2.82. The predicted octanol–water partition coefficient (Wildman–Crippen LogP) is 3.97. The maximum atomic E-state index is 12.4. The molecule has 1 unspecified atom stereocenters. The minimum atomic E-state index is -0.151. The highest BCUT2D eigenvalue weighted by Crippen LogP contribution is 2.24. The Balaban J connectivity index is 2.13. The maximum absolute atomic E-state index is 12.4. The van der Waals surface area contributed by atoms with E-state index in [-0.39, 0.29) is 11.9 Å². The van der Waals surface area contributed by atoms with E-state index < -0.39 is 0 Å². The maximum Gasteiger partial charge on any atom is 0.253 e. The lowest BCUT2D eigenvalue weighted by atomic mass is 10.2. The number of aryl methyl sites for hydroxylation is 1. The molecule has 0 bridgehead atoms. The monoisotopic (exact) mass is 368 g/mol. The Hall–Kier alpha value is -1.40. The van der Waals surface area contributed by atoms with Crippen molar-refractivity contribution < 1.29 is 9.53 Å². The molecular formula is C15H17BrN2O2S. The minimum Gasteiger partial charge on any atom is -0.497 e. The topological polar surface area (TPSA) is 51.2 Å². The van der Waals surface area contributed by atoms with E-state index in [1.807, 2.05) is 13.1 Å². The molecule has 112 valence electrons. The van der Waals surface area contributed by atoms with Gasteiger partial charge in [0, 0.05) is 15.5 Å². The number of hydrogen-bond donors (Lipinski definition) is 1. The van der Waals surface area contributed by atoms with Crippen LogP contribution < -0.4 is 10.1 Å². The molecule has 1 amide bonds. The van der Waals surface area contributed by atoms with Crippen LogP contribution in [0.15, 0.2) is 28.9 Å². The van der Waals surface area contributed by atoms with Crippen molar-refractivity contribution in [2.45, 2.75) is 26.3 Å². The molecule has 1 atom stereocenters. The molecule has 0 saturated carbocycles. The first kappa shape index (κ1) is 16.0. The second kappa shape index (κ2) is 7.04. The molecule has 0 aliphatic heterocycles. The number of amides is 1. The first-order valence-corrected chi connectivity index (χ1v) is 8.25. The normalized spacial score (nSPS) is 12.0. The number of carbonyl (C=O) groups excluding carboxylic acids is 1. The van der Waals surface area contributed by atoms with E-state index in [1.54, 1.807) is 36.6 Å². The molecule has 1 aromatic heterocycles. The van der Waals surface area contributed by atoms with E-state index in [2.05, 4.69) is 33.2 Å². The van der Waals surface area contributed by atoms with Crippen molar-refractivity contribution in [3.05, 3.63) is 44.3 Å². The van der Waals surface area contributed by atoms with Crippen LogP contribution in [0, 0.1) is 0 Å². The minimum absolute atomic E-state index is 0.124. The Labute approximate surface area is 136 Å². The number of rotatable bonds is 5. The Morgan fingerprint density at radius 2 is 2.29 bits per heavy atom. The second-order valence-electron chi connectivity index (χ2n) is 4.56. The molecule has 4 nitrogen and oxygen atoms in total.